The van der Waals surface area contributed by atoms with E-state index in [1.54, 1.807) is 30.6 Å². The number of halogens is 1. The molecule has 0 spiro atoms. The molecule has 0 atom stereocenters. The smallest absolute Gasteiger partial charge is 0.146 e. The van der Waals surface area contributed by atoms with E-state index in [0.29, 0.717) is 18.8 Å². The van der Waals surface area contributed by atoms with E-state index in [-0.39, 0.29) is 5.82 Å². The zero-order valence-corrected chi connectivity index (χ0v) is 9.36. The molecule has 0 radical (unpaired) electrons. The van der Waals surface area contributed by atoms with Crippen LogP contribution in [0.4, 0.5) is 10.1 Å². The van der Waals surface area contributed by atoms with Gasteiger partial charge in [-0.3, -0.25) is 4.98 Å². The van der Waals surface area contributed by atoms with Gasteiger partial charge in [0.15, 0.2) is 0 Å². The van der Waals surface area contributed by atoms with Gasteiger partial charge in [0.2, 0.25) is 0 Å². The standard InChI is InChI=1S/C13H14FN3/c14-12-3-1-2-4-13(12)17-9-11-5-10(6-15)7-16-8-11/h1-5,7-8,17H,6,9,15H2. The molecule has 0 bridgehead atoms. The van der Waals surface area contributed by atoms with Crippen molar-refractivity contribution in [2.75, 3.05) is 5.32 Å². The first-order valence-corrected chi connectivity index (χ1v) is 5.41. The van der Waals surface area contributed by atoms with Gasteiger partial charge in [-0.15, -0.1) is 0 Å². The zero-order chi connectivity index (χ0) is 12.1. The number of nitrogens with two attached hydrogens (primary N) is 1. The summed E-state index contributed by atoms with van der Waals surface area (Å²) in [7, 11) is 0. The van der Waals surface area contributed by atoms with E-state index < -0.39 is 0 Å². The fourth-order valence-electron chi connectivity index (χ4n) is 1.55. The average molecular weight is 231 g/mol. The highest BCUT2D eigenvalue weighted by atomic mass is 19.1. The summed E-state index contributed by atoms with van der Waals surface area (Å²) in [5.74, 6) is -0.254. The summed E-state index contributed by atoms with van der Waals surface area (Å²) >= 11 is 0. The van der Waals surface area contributed by atoms with Gasteiger partial charge in [0.25, 0.3) is 0 Å². The number of aromatic nitrogens is 1. The number of anilines is 1. The lowest BCUT2D eigenvalue weighted by Gasteiger charge is -2.07. The lowest BCUT2D eigenvalue weighted by molar-refractivity contribution is 0.630. The van der Waals surface area contributed by atoms with Crippen LogP contribution in [-0.2, 0) is 13.1 Å². The Kier molecular flexibility index (Phi) is 3.67. The van der Waals surface area contributed by atoms with Crippen LogP contribution in [-0.4, -0.2) is 4.98 Å². The van der Waals surface area contributed by atoms with Gasteiger partial charge in [0.05, 0.1) is 5.69 Å². The maximum Gasteiger partial charge on any atom is 0.146 e. The van der Waals surface area contributed by atoms with Crippen LogP contribution in [0.15, 0.2) is 42.7 Å². The molecule has 0 aliphatic carbocycles. The molecule has 1 heterocycles. The van der Waals surface area contributed by atoms with Crippen molar-refractivity contribution in [1.29, 1.82) is 0 Å². The van der Waals surface area contributed by atoms with Crippen molar-refractivity contribution in [1.82, 2.24) is 4.98 Å². The monoisotopic (exact) mass is 231 g/mol. The molecule has 0 amide bonds. The second kappa shape index (κ2) is 5.41. The Bertz CT molecular complexity index is 500. The molecule has 0 saturated heterocycles. The maximum atomic E-state index is 13.3. The molecule has 0 aliphatic rings. The highest BCUT2D eigenvalue weighted by Gasteiger charge is 2.00. The lowest BCUT2D eigenvalue weighted by atomic mass is 10.2. The lowest BCUT2D eigenvalue weighted by Crippen LogP contribution is -2.04. The molecular formula is C13H14FN3. The predicted molar refractivity (Wildman–Crippen MR) is 65.9 cm³/mol. The van der Waals surface area contributed by atoms with Crippen LogP contribution in [0.25, 0.3) is 0 Å². The Balaban J connectivity index is 2.05. The Hall–Kier alpha value is -1.94. The number of nitrogens with one attached hydrogen (secondary N) is 1. The minimum absolute atomic E-state index is 0.254. The van der Waals surface area contributed by atoms with Gasteiger partial charge in [-0.1, -0.05) is 12.1 Å². The number of nitrogens with zero attached hydrogens (tertiary/aromatic N) is 1. The Morgan fingerprint density at radius 1 is 1.18 bits per heavy atom. The largest absolute Gasteiger partial charge is 0.379 e. The first-order valence-electron chi connectivity index (χ1n) is 5.41. The molecule has 4 heteroatoms. The summed E-state index contributed by atoms with van der Waals surface area (Å²) in [5.41, 5.74) is 7.97. The summed E-state index contributed by atoms with van der Waals surface area (Å²) in [4.78, 5) is 4.08. The van der Waals surface area contributed by atoms with Crippen molar-refractivity contribution in [2.24, 2.45) is 5.73 Å². The quantitative estimate of drug-likeness (QED) is 0.848. The number of hydrogen-bond acceptors (Lipinski definition) is 3. The third kappa shape index (κ3) is 3.01. The number of pyridine rings is 1. The molecule has 0 aliphatic heterocycles. The van der Waals surface area contributed by atoms with Crippen LogP contribution in [0, 0.1) is 5.82 Å². The van der Waals surface area contributed by atoms with Gasteiger partial charge in [-0.2, -0.15) is 0 Å². The van der Waals surface area contributed by atoms with Crippen molar-refractivity contribution in [3.63, 3.8) is 0 Å². The number of benzene rings is 1. The van der Waals surface area contributed by atoms with Gasteiger partial charge in [-0.25, -0.2) is 4.39 Å². The molecule has 17 heavy (non-hydrogen) atoms. The van der Waals surface area contributed by atoms with Gasteiger partial charge in [-0.05, 0) is 29.3 Å². The highest BCUT2D eigenvalue weighted by molar-refractivity contribution is 5.44. The Morgan fingerprint density at radius 2 is 1.94 bits per heavy atom. The summed E-state index contributed by atoms with van der Waals surface area (Å²) in [6.07, 6.45) is 3.47. The van der Waals surface area contributed by atoms with E-state index in [4.69, 9.17) is 5.73 Å². The highest BCUT2D eigenvalue weighted by Crippen LogP contribution is 2.13. The van der Waals surface area contributed by atoms with Gasteiger partial charge in [0, 0.05) is 25.5 Å². The second-order valence-electron chi connectivity index (χ2n) is 3.74. The topological polar surface area (TPSA) is 50.9 Å². The third-order valence-corrected chi connectivity index (χ3v) is 2.44. The normalized spacial score (nSPS) is 10.2. The first-order chi connectivity index (χ1) is 8.29. The molecule has 0 saturated carbocycles. The van der Waals surface area contributed by atoms with Crippen LogP contribution in [0.2, 0.25) is 0 Å². The summed E-state index contributed by atoms with van der Waals surface area (Å²) in [6, 6.07) is 8.55. The average Bonchev–Trinajstić information content (AvgIpc) is 2.38. The fraction of sp³-hybridized carbons (Fsp3) is 0.154. The summed E-state index contributed by atoms with van der Waals surface area (Å²) in [5, 5.41) is 3.02. The molecule has 2 aromatic rings. The number of hydrogen-bond donors (Lipinski definition) is 2. The fourth-order valence-corrected chi connectivity index (χ4v) is 1.55. The maximum absolute atomic E-state index is 13.3. The predicted octanol–water partition coefficient (Wildman–Crippen LogP) is 2.29. The Morgan fingerprint density at radius 3 is 2.71 bits per heavy atom. The van der Waals surface area contributed by atoms with Crippen LogP contribution in [0.1, 0.15) is 11.1 Å². The van der Waals surface area contributed by atoms with Crippen LogP contribution in [0.3, 0.4) is 0 Å². The van der Waals surface area contributed by atoms with E-state index in [1.165, 1.54) is 6.07 Å². The van der Waals surface area contributed by atoms with Crippen LogP contribution in [0.5, 0.6) is 0 Å². The van der Waals surface area contributed by atoms with Gasteiger partial charge in [0.1, 0.15) is 5.82 Å². The summed E-state index contributed by atoms with van der Waals surface area (Å²) in [6.45, 7) is 0.988. The van der Waals surface area contributed by atoms with E-state index in [1.807, 2.05) is 6.07 Å². The molecule has 0 unspecified atom stereocenters. The van der Waals surface area contributed by atoms with E-state index in [9.17, 15) is 4.39 Å². The van der Waals surface area contributed by atoms with Gasteiger partial charge < -0.3 is 11.1 Å². The second-order valence-corrected chi connectivity index (χ2v) is 3.74. The minimum Gasteiger partial charge on any atom is -0.379 e. The van der Waals surface area contributed by atoms with Crippen molar-refractivity contribution in [3.8, 4) is 0 Å². The van der Waals surface area contributed by atoms with Crippen molar-refractivity contribution in [3.05, 3.63) is 59.7 Å². The van der Waals surface area contributed by atoms with E-state index in [0.717, 1.165) is 11.1 Å². The first kappa shape index (κ1) is 11.5. The molecular weight excluding hydrogens is 217 g/mol. The van der Waals surface area contributed by atoms with Crippen LogP contribution >= 0.6 is 0 Å². The minimum atomic E-state index is -0.254. The SMILES string of the molecule is NCc1cncc(CNc2ccccc2F)c1. The van der Waals surface area contributed by atoms with Gasteiger partial charge >= 0.3 is 0 Å². The van der Waals surface area contributed by atoms with Crippen molar-refractivity contribution in [2.45, 2.75) is 13.1 Å². The molecule has 0 fully saturated rings. The number of rotatable bonds is 4. The molecule has 3 nitrogen and oxygen atoms in total. The molecule has 2 rings (SSSR count). The van der Waals surface area contributed by atoms with Crippen molar-refractivity contribution >= 4 is 5.69 Å². The van der Waals surface area contributed by atoms with Crippen molar-refractivity contribution < 1.29 is 4.39 Å². The number of para-hydroxylation sites is 1. The van der Waals surface area contributed by atoms with E-state index >= 15 is 0 Å². The molecule has 1 aromatic carbocycles. The summed E-state index contributed by atoms with van der Waals surface area (Å²) < 4.78 is 13.3. The molecule has 1 aromatic heterocycles. The zero-order valence-electron chi connectivity index (χ0n) is 9.36. The molecule has 88 valence electrons. The Labute approximate surface area is 99.5 Å². The third-order valence-electron chi connectivity index (χ3n) is 2.44. The van der Waals surface area contributed by atoms with Crippen LogP contribution < -0.4 is 11.1 Å². The van der Waals surface area contributed by atoms with E-state index in [2.05, 4.69) is 10.3 Å². The molecule has 3 N–H and O–H groups in total.